The minimum Gasteiger partial charge on any atom is -0.352 e. The van der Waals surface area contributed by atoms with Gasteiger partial charge in [0.25, 0.3) is 0 Å². The quantitative estimate of drug-likeness (QED) is 0.871. The van der Waals surface area contributed by atoms with E-state index >= 15 is 0 Å². The van der Waals surface area contributed by atoms with E-state index in [9.17, 15) is 4.79 Å². The Bertz CT molecular complexity index is 564. The maximum Gasteiger partial charge on any atom is 0.223 e. The van der Waals surface area contributed by atoms with Gasteiger partial charge in [0.05, 0.1) is 0 Å². The highest BCUT2D eigenvalue weighted by Crippen LogP contribution is 2.41. The SMILES string of the molecule is Cc1cc(C)c(CNC(=O)C2CC3CCCC(C2)C3N)c(C)c1.Cl. The van der Waals surface area contributed by atoms with Gasteiger partial charge >= 0.3 is 0 Å². The summed E-state index contributed by atoms with van der Waals surface area (Å²) in [6.45, 7) is 7.03. The van der Waals surface area contributed by atoms with Gasteiger partial charge in [-0.15, -0.1) is 12.4 Å². The van der Waals surface area contributed by atoms with Gasteiger partial charge in [-0.1, -0.05) is 24.1 Å². The normalized spacial score (nSPS) is 28.8. The topological polar surface area (TPSA) is 55.1 Å². The van der Waals surface area contributed by atoms with Crippen molar-refractivity contribution in [2.75, 3.05) is 0 Å². The highest BCUT2D eigenvalue weighted by Gasteiger charge is 2.40. The Labute approximate surface area is 152 Å². The minimum absolute atomic E-state index is 0. The molecule has 3 rings (SSSR count). The second-order valence-electron chi connectivity index (χ2n) is 7.79. The summed E-state index contributed by atoms with van der Waals surface area (Å²) in [6.07, 6.45) is 5.67. The first-order valence-corrected chi connectivity index (χ1v) is 9.05. The molecule has 0 heterocycles. The van der Waals surface area contributed by atoms with E-state index in [-0.39, 0.29) is 24.2 Å². The van der Waals surface area contributed by atoms with Crippen LogP contribution in [0.25, 0.3) is 0 Å². The van der Waals surface area contributed by atoms with Crippen LogP contribution in [0.1, 0.15) is 54.4 Å². The molecule has 0 aromatic heterocycles. The van der Waals surface area contributed by atoms with Crippen molar-refractivity contribution in [1.82, 2.24) is 5.32 Å². The fraction of sp³-hybridized carbons (Fsp3) is 0.650. The van der Waals surface area contributed by atoms with E-state index in [1.54, 1.807) is 0 Å². The van der Waals surface area contributed by atoms with Crippen LogP contribution in [-0.2, 0) is 11.3 Å². The molecule has 2 saturated carbocycles. The summed E-state index contributed by atoms with van der Waals surface area (Å²) >= 11 is 0. The van der Waals surface area contributed by atoms with Crippen molar-refractivity contribution in [3.8, 4) is 0 Å². The highest BCUT2D eigenvalue weighted by atomic mass is 35.5. The smallest absolute Gasteiger partial charge is 0.223 e. The molecule has 0 aliphatic heterocycles. The summed E-state index contributed by atoms with van der Waals surface area (Å²) < 4.78 is 0. The zero-order valence-corrected chi connectivity index (χ0v) is 15.9. The van der Waals surface area contributed by atoms with E-state index in [1.807, 2.05) is 0 Å². The van der Waals surface area contributed by atoms with E-state index in [2.05, 4.69) is 38.2 Å². The fourth-order valence-electron chi connectivity index (χ4n) is 4.81. The predicted octanol–water partition coefficient (Wildman–Crippen LogP) is 3.80. The lowest BCUT2D eigenvalue weighted by Crippen LogP contribution is -2.49. The van der Waals surface area contributed by atoms with E-state index in [0.717, 1.165) is 12.8 Å². The molecule has 2 aliphatic carbocycles. The third-order valence-electron chi connectivity index (χ3n) is 6.06. The molecule has 2 bridgehead atoms. The summed E-state index contributed by atoms with van der Waals surface area (Å²) in [5, 5.41) is 3.19. The molecule has 4 heteroatoms. The molecule has 3 N–H and O–H groups in total. The maximum atomic E-state index is 12.6. The summed E-state index contributed by atoms with van der Waals surface area (Å²) in [5.74, 6) is 1.51. The van der Waals surface area contributed by atoms with Crippen molar-refractivity contribution in [2.45, 2.75) is 65.5 Å². The van der Waals surface area contributed by atoms with E-state index in [1.165, 1.54) is 41.5 Å². The van der Waals surface area contributed by atoms with E-state index in [4.69, 9.17) is 5.73 Å². The Hall–Kier alpha value is -1.06. The van der Waals surface area contributed by atoms with Crippen LogP contribution in [0, 0.1) is 38.5 Å². The lowest BCUT2D eigenvalue weighted by molar-refractivity contribution is -0.128. The van der Waals surface area contributed by atoms with Gasteiger partial charge in [-0.05, 0) is 75.0 Å². The van der Waals surface area contributed by atoms with Gasteiger partial charge in [0, 0.05) is 18.5 Å². The first-order chi connectivity index (χ1) is 11.0. The summed E-state index contributed by atoms with van der Waals surface area (Å²) in [5.41, 5.74) is 11.4. The number of hydrogen-bond donors (Lipinski definition) is 2. The number of amides is 1. The van der Waals surface area contributed by atoms with Crippen LogP contribution in [0.4, 0.5) is 0 Å². The second kappa shape index (κ2) is 7.88. The van der Waals surface area contributed by atoms with Crippen molar-refractivity contribution in [3.63, 3.8) is 0 Å². The van der Waals surface area contributed by atoms with Crippen molar-refractivity contribution < 1.29 is 4.79 Å². The van der Waals surface area contributed by atoms with Gasteiger partial charge in [0.1, 0.15) is 0 Å². The highest BCUT2D eigenvalue weighted by molar-refractivity contribution is 5.85. The average molecular weight is 351 g/mol. The molecule has 3 nitrogen and oxygen atoms in total. The Balaban J connectivity index is 0.00000208. The molecule has 2 aliphatic rings. The number of halogens is 1. The number of aryl methyl sites for hydroxylation is 3. The lowest BCUT2D eigenvalue weighted by atomic mass is 9.65. The number of benzene rings is 1. The van der Waals surface area contributed by atoms with Gasteiger partial charge < -0.3 is 11.1 Å². The Morgan fingerprint density at radius 1 is 1.12 bits per heavy atom. The van der Waals surface area contributed by atoms with Crippen molar-refractivity contribution in [2.24, 2.45) is 23.5 Å². The van der Waals surface area contributed by atoms with Crippen LogP contribution in [0.15, 0.2) is 12.1 Å². The molecular weight excluding hydrogens is 320 g/mol. The van der Waals surface area contributed by atoms with Crippen molar-refractivity contribution >= 4 is 18.3 Å². The third kappa shape index (κ3) is 3.94. The molecule has 1 aromatic rings. The number of nitrogens with two attached hydrogens (primary N) is 1. The van der Waals surface area contributed by atoms with Crippen LogP contribution in [-0.4, -0.2) is 11.9 Å². The zero-order valence-electron chi connectivity index (χ0n) is 15.1. The summed E-state index contributed by atoms with van der Waals surface area (Å²) in [7, 11) is 0. The van der Waals surface area contributed by atoms with E-state index < -0.39 is 0 Å². The largest absolute Gasteiger partial charge is 0.352 e. The van der Waals surface area contributed by atoms with Gasteiger partial charge in [-0.2, -0.15) is 0 Å². The molecule has 134 valence electrons. The maximum absolute atomic E-state index is 12.6. The molecule has 2 unspecified atom stereocenters. The number of hydrogen-bond acceptors (Lipinski definition) is 2. The van der Waals surface area contributed by atoms with Gasteiger partial charge in [0.15, 0.2) is 0 Å². The molecule has 2 atom stereocenters. The van der Waals surface area contributed by atoms with Crippen molar-refractivity contribution in [1.29, 1.82) is 0 Å². The Kier molecular flexibility index (Phi) is 6.33. The molecule has 0 spiro atoms. The second-order valence-corrected chi connectivity index (χ2v) is 7.79. The van der Waals surface area contributed by atoms with Gasteiger partial charge in [0.2, 0.25) is 5.91 Å². The third-order valence-corrected chi connectivity index (χ3v) is 6.06. The van der Waals surface area contributed by atoms with Crippen LogP contribution in [0.3, 0.4) is 0 Å². The summed E-state index contributed by atoms with van der Waals surface area (Å²) in [6, 6.07) is 4.71. The molecule has 1 amide bonds. The fourth-order valence-corrected chi connectivity index (χ4v) is 4.81. The van der Waals surface area contributed by atoms with E-state index in [0.29, 0.717) is 24.4 Å². The molecule has 0 radical (unpaired) electrons. The van der Waals surface area contributed by atoms with Gasteiger partial charge in [-0.3, -0.25) is 4.79 Å². The number of carbonyl (C=O) groups excluding carboxylic acids is 1. The number of rotatable bonds is 3. The monoisotopic (exact) mass is 350 g/mol. The van der Waals surface area contributed by atoms with Crippen LogP contribution in [0.5, 0.6) is 0 Å². The van der Waals surface area contributed by atoms with Gasteiger partial charge in [-0.25, -0.2) is 0 Å². The van der Waals surface area contributed by atoms with Crippen LogP contribution in [0.2, 0.25) is 0 Å². The standard InChI is InChI=1S/C20H30N2O.ClH/c1-12-7-13(2)18(14(3)8-12)11-22-20(23)17-9-15-5-4-6-16(10-17)19(15)21;/h7-8,15-17,19H,4-6,9-11,21H2,1-3H3,(H,22,23);1H. The Morgan fingerprint density at radius 2 is 1.67 bits per heavy atom. The van der Waals surface area contributed by atoms with Crippen LogP contribution < -0.4 is 11.1 Å². The molecule has 0 saturated heterocycles. The number of fused-ring (bicyclic) bond motifs is 2. The first kappa shape index (κ1) is 19.3. The molecule has 24 heavy (non-hydrogen) atoms. The predicted molar refractivity (Wildman–Crippen MR) is 101 cm³/mol. The van der Waals surface area contributed by atoms with Crippen LogP contribution >= 0.6 is 12.4 Å². The van der Waals surface area contributed by atoms with Crippen molar-refractivity contribution in [3.05, 3.63) is 34.4 Å². The lowest BCUT2D eigenvalue weighted by Gasteiger charge is -2.43. The number of carbonyl (C=O) groups is 1. The molecule has 2 fully saturated rings. The zero-order chi connectivity index (χ0) is 16.6. The average Bonchev–Trinajstić information content (AvgIpc) is 2.45. The number of nitrogens with one attached hydrogen (secondary N) is 1. The molecule has 1 aromatic carbocycles. The molecular formula is C20H31ClN2O. The Morgan fingerprint density at radius 3 is 2.21 bits per heavy atom. The summed E-state index contributed by atoms with van der Waals surface area (Å²) in [4.78, 5) is 12.6. The minimum atomic E-state index is 0. The first-order valence-electron chi connectivity index (χ1n) is 9.05.